The molecule has 0 saturated carbocycles. The molecule has 2 heterocycles. The molecular weight excluding hydrogens is 269 g/mol. The highest BCUT2D eigenvalue weighted by molar-refractivity contribution is 5.40. The number of rotatable bonds is 3. The number of pyridine rings is 1. The smallest absolute Gasteiger partial charge is 0.355 e. The summed E-state index contributed by atoms with van der Waals surface area (Å²) in [5, 5.41) is 0. The van der Waals surface area contributed by atoms with Gasteiger partial charge in [0.25, 0.3) is 0 Å². The lowest BCUT2D eigenvalue weighted by Gasteiger charge is -2.22. The summed E-state index contributed by atoms with van der Waals surface area (Å²) in [6.07, 6.45) is -2.47. The van der Waals surface area contributed by atoms with E-state index < -0.39 is 11.7 Å². The van der Waals surface area contributed by atoms with E-state index in [2.05, 4.69) is 9.88 Å². The molecule has 1 saturated heterocycles. The Bertz CT molecular complexity index is 419. The molecule has 112 valence electrons. The first-order chi connectivity index (χ1) is 9.50. The monoisotopic (exact) mass is 288 g/mol. The van der Waals surface area contributed by atoms with Gasteiger partial charge in [0.2, 0.25) is 0 Å². The molecule has 0 atom stereocenters. The highest BCUT2D eigenvalue weighted by atomic mass is 19.4. The van der Waals surface area contributed by atoms with Crippen molar-refractivity contribution in [3.63, 3.8) is 0 Å². The lowest BCUT2D eigenvalue weighted by Crippen LogP contribution is -2.34. The molecule has 0 aliphatic carbocycles. The Balaban J connectivity index is 2.01. The molecule has 20 heavy (non-hydrogen) atoms. The maximum atomic E-state index is 12.5. The Kier molecular flexibility index (Phi) is 4.82. The van der Waals surface area contributed by atoms with E-state index in [4.69, 9.17) is 5.73 Å². The van der Waals surface area contributed by atoms with Crippen molar-refractivity contribution >= 4 is 5.82 Å². The molecule has 7 heteroatoms. The van der Waals surface area contributed by atoms with E-state index in [1.54, 1.807) is 0 Å². The van der Waals surface area contributed by atoms with Crippen molar-refractivity contribution in [2.45, 2.75) is 12.6 Å². The van der Waals surface area contributed by atoms with Gasteiger partial charge in [-0.2, -0.15) is 13.2 Å². The number of hydrogen-bond donors (Lipinski definition) is 1. The molecule has 2 N–H and O–H groups in total. The molecule has 0 spiro atoms. The molecule has 1 aromatic heterocycles. The van der Waals surface area contributed by atoms with Crippen LogP contribution in [0, 0.1) is 0 Å². The predicted molar refractivity (Wildman–Crippen MR) is 71.6 cm³/mol. The summed E-state index contributed by atoms with van der Waals surface area (Å²) in [6, 6.07) is 2.53. The molecular formula is C13H19F3N4. The van der Waals surface area contributed by atoms with Crippen molar-refractivity contribution in [2.75, 3.05) is 44.2 Å². The maximum absolute atomic E-state index is 12.5. The van der Waals surface area contributed by atoms with Gasteiger partial charge in [-0.15, -0.1) is 0 Å². The van der Waals surface area contributed by atoms with E-state index in [9.17, 15) is 13.2 Å². The topological polar surface area (TPSA) is 45.4 Å². The Labute approximate surface area is 116 Å². The largest absolute Gasteiger partial charge is 0.417 e. The third kappa shape index (κ3) is 3.83. The lowest BCUT2D eigenvalue weighted by atomic mass is 10.2. The zero-order valence-corrected chi connectivity index (χ0v) is 11.2. The van der Waals surface area contributed by atoms with Gasteiger partial charge in [0.15, 0.2) is 0 Å². The minimum atomic E-state index is -4.33. The summed E-state index contributed by atoms with van der Waals surface area (Å²) in [7, 11) is 0. The van der Waals surface area contributed by atoms with Gasteiger partial charge < -0.3 is 15.5 Å². The Morgan fingerprint density at radius 2 is 1.95 bits per heavy atom. The molecule has 0 amide bonds. The van der Waals surface area contributed by atoms with Gasteiger partial charge in [-0.05, 0) is 25.1 Å². The normalized spacial score (nSPS) is 18.1. The van der Waals surface area contributed by atoms with Crippen LogP contribution in [0.1, 0.15) is 12.0 Å². The van der Waals surface area contributed by atoms with Crippen molar-refractivity contribution < 1.29 is 13.2 Å². The average molecular weight is 288 g/mol. The van der Waals surface area contributed by atoms with Crippen molar-refractivity contribution in [2.24, 2.45) is 5.73 Å². The number of nitrogens with two attached hydrogens (primary N) is 1. The molecule has 1 aliphatic rings. The Morgan fingerprint density at radius 1 is 1.15 bits per heavy atom. The lowest BCUT2D eigenvalue weighted by molar-refractivity contribution is -0.137. The van der Waals surface area contributed by atoms with Gasteiger partial charge in [0, 0.05) is 38.9 Å². The van der Waals surface area contributed by atoms with Crippen LogP contribution in [0.25, 0.3) is 0 Å². The number of aromatic nitrogens is 1. The van der Waals surface area contributed by atoms with E-state index in [-0.39, 0.29) is 0 Å². The van der Waals surface area contributed by atoms with E-state index in [1.807, 2.05) is 4.90 Å². The second-order valence-corrected chi connectivity index (χ2v) is 4.87. The summed E-state index contributed by atoms with van der Waals surface area (Å²) in [4.78, 5) is 8.24. The fourth-order valence-corrected chi connectivity index (χ4v) is 2.35. The fourth-order valence-electron chi connectivity index (χ4n) is 2.35. The average Bonchev–Trinajstić information content (AvgIpc) is 2.64. The highest BCUT2D eigenvalue weighted by Crippen LogP contribution is 2.29. The van der Waals surface area contributed by atoms with Crippen LogP contribution < -0.4 is 10.6 Å². The van der Waals surface area contributed by atoms with Crippen LogP contribution >= 0.6 is 0 Å². The molecule has 0 aromatic carbocycles. The van der Waals surface area contributed by atoms with Gasteiger partial charge in [-0.1, -0.05) is 0 Å². The van der Waals surface area contributed by atoms with Crippen molar-refractivity contribution in [3.05, 3.63) is 23.9 Å². The molecule has 1 aliphatic heterocycles. The van der Waals surface area contributed by atoms with Gasteiger partial charge in [-0.25, -0.2) is 4.98 Å². The van der Waals surface area contributed by atoms with Crippen LogP contribution in [0.5, 0.6) is 0 Å². The number of nitrogens with zero attached hydrogens (tertiary/aromatic N) is 3. The highest BCUT2D eigenvalue weighted by Gasteiger charge is 2.30. The second kappa shape index (κ2) is 6.41. The molecule has 2 rings (SSSR count). The van der Waals surface area contributed by atoms with E-state index in [0.29, 0.717) is 12.4 Å². The van der Waals surface area contributed by atoms with Crippen molar-refractivity contribution in [1.82, 2.24) is 9.88 Å². The second-order valence-electron chi connectivity index (χ2n) is 4.87. The SMILES string of the molecule is NCCN1CCCN(c2ccc(C(F)(F)F)cn2)CC1. The summed E-state index contributed by atoms with van der Waals surface area (Å²) in [6.45, 7) is 4.87. The van der Waals surface area contributed by atoms with Crippen LogP contribution in [0.2, 0.25) is 0 Å². The predicted octanol–water partition coefficient (Wildman–Crippen LogP) is 1.57. The minimum Gasteiger partial charge on any atom is -0.355 e. The molecule has 0 radical (unpaired) electrons. The maximum Gasteiger partial charge on any atom is 0.417 e. The van der Waals surface area contributed by atoms with Crippen molar-refractivity contribution in [1.29, 1.82) is 0 Å². The van der Waals surface area contributed by atoms with E-state index in [0.717, 1.165) is 51.4 Å². The first-order valence-corrected chi connectivity index (χ1v) is 6.71. The summed E-state index contributed by atoms with van der Waals surface area (Å²) < 4.78 is 37.5. The first-order valence-electron chi connectivity index (χ1n) is 6.71. The third-order valence-corrected chi connectivity index (χ3v) is 3.43. The van der Waals surface area contributed by atoms with Crippen LogP contribution in [0.4, 0.5) is 19.0 Å². The Hall–Kier alpha value is -1.34. The number of alkyl halides is 3. The Morgan fingerprint density at radius 3 is 2.55 bits per heavy atom. The van der Waals surface area contributed by atoms with Crippen LogP contribution in [-0.2, 0) is 6.18 Å². The number of anilines is 1. The molecule has 1 aromatic rings. The summed E-state index contributed by atoms with van der Waals surface area (Å²) in [5.41, 5.74) is 4.83. The van der Waals surface area contributed by atoms with Crippen LogP contribution in [-0.4, -0.2) is 49.2 Å². The minimum absolute atomic E-state index is 0.604. The number of hydrogen-bond acceptors (Lipinski definition) is 4. The van der Waals surface area contributed by atoms with Gasteiger partial charge in [-0.3, -0.25) is 0 Å². The molecule has 0 unspecified atom stereocenters. The molecule has 4 nitrogen and oxygen atoms in total. The number of halogens is 3. The first kappa shape index (κ1) is 15.1. The van der Waals surface area contributed by atoms with Gasteiger partial charge >= 0.3 is 6.18 Å². The molecule has 1 fully saturated rings. The quantitative estimate of drug-likeness (QED) is 0.917. The third-order valence-electron chi connectivity index (χ3n) is 3.43. The summed E-state index contributed by atoms with van der Waals surface area (Å²) >= 11 is 0. The van der Waals surface area contributed by atoms with Crippen molar-refractivity contribution in [3.8, 4) is 0 Å². The standard InChI is InChI=1S/C13H19F3N4/c14-13(15,16)11-2-3-12(18-10-11)20-6-1-5-19(7-4-17)8-9-20/h2-3,10H,1,4-9,17H2. The zero-order chi connectivity index (χ0) is 14.6. The van der Waals surface area contributed by atoms with Crippen LogP contribution in [0.15, 0.2) is 18.3 Å². The van der Waals surface area contributed by atoms with Gasteiger partial charge in [0.05, 0.1) is 5.56 Å². The summed E-state index contributed by atoms with van der Waals surface area (Å²) in [5.74, 6) is 0.604. The fraction of sp³-hybridized carbons (Fsp3) is 0.615. The van der Waals surface area contributed by atoms with Gasteiger partial charge in [0.1, 0.15) is 5.82 Å². The van der Waals surface area contributed by atoms with E-state index >= 15 is 0 Å². The van der Waals surface area contributed by atoms with E-state index in [1.165, 1.54) is 6.07 Å². The molecule has 0 bridgehead atoms. The van der Waals surface area contributed by atoms with Crippen LogP contribution in [0.3, 0.4) is 0 Å². The zero-order valence-electron chi connectivity index (χ0n) is 11.2.